The van der Waals surface area contributed by atoms with Gasteiger partial charge < -0.3 is 4.90 Å². The maximum Gasteiger partial charge on any atom is 0.267 e. The van der Waals surface area contributed by atoms with Gasteiger partial charge in [0.2, 0.25) is 0 Å². The number of carbonyl (C=O) groups excluding carboxylic acids is 1. The monoisotopic (exact) mass is 250 g/mol. The SMILES string of the molecule is Cc1nnsc1C(=O)N1CCC(C)(C#N)CC1. The highest BCUT2D eigenvalue weighted by Gasteiger charge is 2.33. The zero-order valence-corrected chi connectivity index (χ0v) is 10.8. The molecule has 0 atom stereocenters. The summed E-state index contributed by atoms with van der Waals surface area (Å²) in [6, 6.07) is 2.33. The molecule has 1 fully saturated rings. The molecule has 0 spiro atoms. The molecule has 90 valence electrons. The van der Waals surface area contributed by atoms with Crippen LogP contribution in [0.15, 0.2) is 0 Å². The Labute approximate surface area is 104 Å². The molecule has 0 radical (unpaired) electrons. The van der Waals surface area contributed by atoms with E-state index in [0.717, 1.165) is 24.4 Å². The largest absolute Gasteiger partial charge is 0.338 e. The molecule has 17 heavy (non-hydrogen) atoms. The van der Waals surface area contributed by atoms with Gasteiger partial charge in [-0.15, -0.1) is 5.10 Å². The Morgan fingerprint density at radius 1 is 1.53 bits per heavy atom. The third-order valence-corrected chi connectivity index (χ3v) is 4.09. The average molecular weight is 250 g/mol. The first kappa shape index (κ1) is 12.0. The second-order valence-electron chi connectivity index (χ2n) is 4.65. The Kier molecular flexibility index (Phi) is 3.11. The quantitative estimate of drug-likeness (QED) is 0.759. The first-order valence-electron chi connectivity index (χ1n) is 5.55. The van der Waals surface area contributed by atoms with Crippen LogP contribution >= 0.6 is 11.5 Å². The van der Waals surface area contributed by atoms with Gasteiger partial charge >= 0.3 is 0 Å². The smallest absolute Gasteiger partial charge is 0.267 e. The van der Waals surface area contributed by atoms with Crippen LogP contribution in [0.2, 0.25) is 0 Å². The molecule has 1 saturated heterocycles. The van der Waals surface area contributed by atoms with E-state index in [1.165, 1.54) is 0 Å². The topological polar surface area (TPSA) is 69.9 Å². The molecule has 1 aromatic rings. The van der Waals surface area contributed by atoms with E-state index in [9.17, 15) is 4.79 Å². The van der Waals surface area contributed by atoms with Crippen LogP contribution in [-0.2, 0) is 0 Å². The Hall–Kier alpha value is -1.48. The lowest BCUT2D eigenvalue weighted by molar-refractivity contribution is 0.0665. The lowest BCUT2D eigenvalue weighted by Gasteiger charge is -2.34. The number of likely N-dealkylation sites (tertiary alicyclic amines) is 1. The van der Waals surface area contributed by atoms with E-state index in [-0.39, 0.29) is 11.3 Å². The summed E-state index contributed by atoms with van der Waals surface area (Å²) in [6.07, 6.45) is 1.47. The molecular weight excluding hydrogens is 236 g/mol. The van der Waals surface area contributed by atoms with Crippen molar-refractivity contribution in [2.75, 3.05) is 13.1 Å². The number of amides is 1. The minimum absolute atomic E-state index is 0.00232. The van der Waals surface area contributed by atoms with Crippen LogP contribution in [0.3, 0.4) is 0 Å². The zero-order valence-electron chi connectivity index (χ0n) is 9.93. The summed E-state index contributed by atoms with van der Waals surface area (Å²) in [6.45, 7) is 5.02. The minimum atomic E-state index is -0.280. The number of carbonyl (C=O) groups is 1. The Morgan fingerprint density at radius 3 is 2.65 bits per heavy atom. The first-order valence-corrected chi connectivity index (χ1v) is 6.32. The lowest BCUT2D eigenvalue weighted by atomic mass is 9.82. The lowest BCUT2D eigenvalue weighted by Crippen LogP contribution is -2.41. The van der Waals surface area contributed by atoms with Crippen molar-refractivity contribution in [3.8, 4) is 6.07 Å². The van der Waals surface area contributed by atoms with Gasteiger partial charge in [0.1, 0.15) is 4.88 Å². The highest BCUT2D eigenvalue weighted by Crippen LogP contribution is 2.30. The average Bonchev–Trinajstić information content (AvgIpc) is 2.76. The standard InChI is InChI=1S/C11H14N4OS/c1-8-9(17-14-13-8)10(16)15-5-3-11(2,7-12)4-6-15/h3-6H2,1-2H3. The van der Waals surface area contributed by atoms with Crippen molar-refractivity contribution in [2.24, 2.45) is 5.41 Å². The number of piperidine rings is 1. The zero-order chi connectivity index (χ0) is 12.5. The molecule has 2 rings (SSSR count). The van der Waals surface area contributed by atoms with Gasteiger partial charge in [-0.05, 0) is 38.2 Å². The van der Waals surface area contributed by atoms with Crippen LogP contribution in [0.4, 0.5) is 0 Å². The van der Waals surface area contributed by atoms with Crippen LogP contribution in [-0.4, -0.2) is 33.5 Å². The van der Waals surface area contributed by atoms with Crippen molar-refractivity contribution in [2.45, 2.75) is 26.7 Å². The molecule has 1 amide bonds. The number of hydrogen-bond donors (Lipinski definition) is 0. The van der Waals surface area contributed by atoms with Gasteiger partial charge in [0.05, 0.1) is 17.2 Å². The van der Waals surface area contributed by atoms with E-state index in [0.29, 0.717) is 23.7 Å². The second-order valence-corrected chi connectivity index (χ2v) is 5.41. The molecule has 0 aromatic carbocycles. The number of aromatic nitrogens is 2. The predicted octanol–water partition coefficient (Wildman–Crippen LogP) is 1.61. The maximum atomic E-state index is 12.2. The van der Waals surface area contributed by atoms with Gasteiger partial charge in [0, 0.05) is 13.1 Å². The van der Waals surface area contributed by atoms with Crippen LogP contribution in [0.1, 0.15) is 35.1 Å². The van der Waals surface area contributed by atoms with Crippen molar-refractivity contribution in [3.05, 3.63) is 10.6 Å². The fraction of sp³-hybridized carbons (Fsp3) is 0.636. The van der Waals surface area contributed by atoms with Gasteiger partial charge in [-0.3, -0.25) is 4.79 Å². The van der Waals surface area contributed by atoms with E-state index < -0.39 is 0 Å². The molecule has 0 unspecified atom stereocenters. The highest BCUT2D eigenvalue weighted by molar-refractivity contribution is 7.07. The van der Waals surface area contributed by atoms with E-state index in [2.05, 4.69) is 15.7 Å². The summed E-state index contributed by atoms with van der Waals surface area (Å²) in [5.74, 6) is -0.00232. The van der Waals surface area contributed by atoms with E-state index in [1.54, 1.807) is 11.8 Å². The van der Waals surface area contributed by atoms with E-state index in [4.69, 9.17) is 5.26 Å². The predicted molar refractivity (Wildman–Crippen MR) is 63.5 cm³/mol. The highest BCUT2D eigenvalue weighted by atomic mass is 32.1. The van der Waals surface area contributed by atoms with E-state index >= 15 is 0 Å². The Bertz CT molecular complexity index is 468. The molecule has 2 heterocycles. The van der Waals surface area contributed by atoms with Crippen molar-refractivity contribution in [1.82, 2.24) is 14.5 Å². The first-order chi connectivity index (χ1) is 8.06. The normalized spacial score (nSPS) is 18.8. The molecule has 0 saturated carbocycles. The molecule has 1 aromatic heterocycles. The molecular formula is C11H14N4OS. The summed E-state index contributed by atoms with van der Waals surface area (Å²) >= 11 is 1.14. The van der Waals surface area contributed by atoms with E-state index in [1.807, 2.05) is 6.92 Å². The fourth-order valence-electron chi connectivity index (χ4n) is 1.89. The summed E-state index contributed by atoms with van der Waals surface area (Å²) in [4.78, 5) is 14.6. The summed E-state index contributed by atoms with van der Waals surface area (Å²) < 4.78 is 3.77. The third kappa shape index (κ3) is 2.29. The Morgan fingerprint density at radius 2 is 2.18 bits per heavy atom. The number of hydrogen-bond acceptors (Lipinski definition) is 5. The van der Waals surface area contributed by atoms with Gasteiger partial charge in [-0.25, -0.2) is 0 Å². The third-order valence-electron chi connectivity index (χ3n) is 3.27. The summed E-state index contributed by atoms with van der Waals surface area (Å²) in [7, 11) is 0. The Balaban J connectivity index is 2.06. The van der Waals surface area contributed by atoms with Crippen LogP contribution < -0.4 is 0 Å². The molecule has 0 aliphatic carbocycles. The molecule has 5 nitrogen and oxygen atoms in total. The molecule has 1 aliphatic rings. The molecule has 1 aliphatic heterocycles. The summed E-state index contributed by atoms with van der Waals surface area (Å²) in [5, 5.41) is 12.9. The number of nitrogens with zero attached hydrogens (tertiary/aromatic N) is 4. The molecule has 6 heteroatoms. The van der Waals surface area contributed by atoms with Crippen LogP contribution in [0.5, 0.6) is 0 Å². The van der Waals surface area contributed by atoms with Crippen LogP contribution in [0.25, 0.3) is 0 Å². The summed E-state index contributed by atoms with van der Waals surface area (Å²) in [5.41, 5.74) is 0.409. The van der Waals surface area contributed by atoms with Crippen molar-refractivity contribution < 1.29 is 4.79 Å². The van der Waals surface area contributed by atoms with Crippen LogP contribution in [0, 0.1) is 23.7 Å². The fourth-order valence-corrected chi connectivity index (χ4v) is 2.51. The van der Waals surface area contributed by atoms with Gasteiger partial charge in [0.25, 0.3) is 5.91 Å². The minimum Gasteiger partial charge on any atom is -0.338 e. The van der Waals surface area contributed by atoms with Gasteiger partial charge in [0.15, 0.2) is 0 Å². The molecule has 0 bridgehead atoms. The maximum absolute atomic E-state index is 12.2. The van der Waals surface area contributed by atoms with Crippen molar-refractivity contribution in [1.29, 1.82) is 5.26 Å². The number of rotatable bonds is 1. The van der Waals surface area contributed by atoms with Gasteiger partial charge in [-0.1, -0.05) is 4.49 Å². The second kappa shape index (κ2) is 4.41. The van der Waals surface area contributed by atoms with Crippen molar-refractivity contribution in [3.63, 3.8) is 0 Å². The van der Waals surface area contributed by atoms with Crippen molar-refractivity contribution >= 4 is 17.4 Å². The molecule has 0 N–H and O–H groups in total. The number of aryl methyl sites for hydroxylation is 1. The number of nitriles is 1. The van der Waals surface area contributed by atoms with Gasteiger partial charge in [-0.2, -0.15) is 5.26 Å².